The first kappa shape index (κ1) is 17.4. The first-order chi connectivity index (χ1) is 10.0. The van der Waals surface area contributed by atoms with Crippen LogP contribution in [0.2, 0.25) is 0 Å². The molecule has 1 fully saturated rings. The highest BCUT2D eigenvalue weighted by Gasteiger charge is 2.47. The van der Waals surface area contributed by atoms with Crippen molar-refractivity contribution in [2.75, 3.05) is 18.1 Å². The second kappa shape index (κ2) is 5.62. The summed E-state index contributed by atoms with van der Waals surface area (Å²) in [4.78, 5) is 0.264. The molecule has 0 aromatic heterocycles. The predicted octanol–water partition coefficient (Wildman–Crippen LogP) is 1.89. The van der Waals surface area contributed by atoms with Gasteiger partial charge in [-0.3, -0.25) is 0 Å². The molecule has 0 radical (unpaired) electrons. The fourth-order valence-corrected chi connectivity index (χ4v) is 7.48. The molecule has 5 nitrogen and oxygen atoms in total. The van der Waals surface area contributed by atoms with Crippen LogP contribution in [0.5, 0.6) is 0 Å². The number of sulfone groups is 1. The maximum absolute atomic E-state index is 13.1. The second-order valence-corrected chi connectivity index (χ2v) is 10.3. The standard InChI is InChI=1S/C15H23NO4S2/c1-5-16(15(4)8-9-21(17,18)11-15)22(19,20)14-10-12(2)6-7-13(14)3/h6-7,10H,5,8-9,11H2,1-4H3/t15-/m0/s1. The Bertz CT molecular complexity index is 784. The third kappa shape index (κ3) is 3.07. The molecule has 0 spiro atoms. The SMILES string of the molecule is CCN([C@@]1(C)CCS(=O)(=O)C1)S(=O)(=O)c1cc(C)ccc1C. The van der Waals surface area contributed by atoms with Crippen LogP contribution in [0.1, 0.15) is 31.4 Å². The third-order valence-electron chi connectivity index (χ3n) is 4.28. The molecule has 1 atom stereocenters. The lowest BCUT2D eigenvalue weighted by molar-refractivity contribution is 0.243. The molecule has 0 aliphatic carbocycles. The fraction of sp³-hybridized carbons (Fsp3) is 0.600. The molecule has 1 aromatic carbocycles. The van der Waals surface area contributed by atoms with Crippen LogP contribution in [0.15, 0.2) is 23.1 Å². The molecule has 1 aromatic rings. The first-order valence-electron chi connectivity index (χ1n) is 7.32. The molecule has 22 heavy (non-hydrogen) atoms. The molecule has 0 amide bonds. The van der Waals surface area contributed by atoms with E-state index in [-0.39, 0.29) is 22.9 Å². The quantitative estimate of drug-likeness (QED) is 0.835. The van der Waals surface area contributed by atoms with Crippen molar-refractivity contribution in [1.82, 2.24) is 4.31 Å². The molecule has 0 N–H and O–H groups in total. The van der Waals surface area contributed by atoms with Gasteiger partial charge >= 0.3 is 0 Å². The van der Waals surface area contributed by atoms with Crippen molar-refractivity contribution >= 4 is 19.9 Å². The predicted molar refractivity (Wildman–Crippen MR) is 87.2 cm³/mol. The Morgan fingerprint density at radius 1 is 1.27 bits per heavy atom. The van der Waals surface area contributed by atoms with Gasteiger partial charge in [-0.05, 0) is 44.4 Å². The fourth-order valence-electron chi connectivity index (χ4n) is 3.14. The lowest BCUT2D eigenvalue weighted by atomic mass is 10.0. The van der Waals surface area contributed by atoms with E-state index in [9.17, 15) is 16.8 Å². The van der Waals surface area contributed by atoms with E-state index in [1.807, 2.05) is 13.0 Å². The van der Waals surface area contributed by atoms with Gasteiger partial charge in [0.25, 0.3) is 0 Å². The summed E-state index contributed by atoms with van der Waals surface area (Å²) < 4.78 is 51.2. The van der Waals surface area contributed by atoms with Crippen molar-refractivity contribution in [3.05, 3.63) is 29.3 Å². The number of aryl methyl sites for hydroxylation is 2. The molecule has 1 aliphatic rings. The van der Waals surface area contributed by atoms with Gasteiger partial charge < -0.3 is 0 Å². The van der Waals surface area contributed by atoms with Crippen LogP contribution >= 0.6 is 0 Å². The molecule has 7 heteroatoms. The minimum atomic E-state index is -3.73. The average Bonchev–Trinajstić information content (AvgIpc) is 2.67. The minimum absolute atomic E-state index is 0.0440. The van der Waals surface area contributed by atoms with Crippen molar-refractivity contribution in [3.63, 3.8) is 0 Å². The van der Waals surface area contributed by atoms with Crippen LogP contribution in [0, 0.1) is 13.8 Å². The average molecular weight is 345 g/mol. The Kier molecular flexibility index (Phi) is 4.45. The van der Waals surface area contributed by atoms with Gasteiger partial charge in [0, 0.05) is 12.1 Å². The van der Waals surface area contributed by atoms with Crippen LogP contribution in [0.4, 0.5) is 0 Å². The van der Waals surface area contributed by atoms with Gasteiger partial charge in [0.05, 0.1) is 16.4 Å². The highest BCUT2D eigenvalue weighted by atomic mass is 32.2. The third-order valence-corrected chi connectivity index (χ3v) is 8.45. The highest BCUT2D eigenvalue weighted by molar-refractivity contribution is 7.92. The highest BCUT2D eigenvalue weighted by Crippen LogP contribution is 2.34. The Labute approximate surface area is 133 Å². The summed E-state index contributed by atoms with van der Waals surface area (Å²) in [5.74, 6) is -0.0692. The molecular weight excluding hydrogens is 322 g/mol. The molecule has 124 valence electrons. The van der Waals surface area contributed by atoms with E-state index >= 15 is 0 Å². The van der Waals surface area contributed by atoms with Crippen LogP contribution in [-0.2, 0) is 19.9 Å². The van der Waals surface area contributed by atoms with Gasteiger partial charge in [0.2, 0.25) is 10.0 Å². The molecule has 1 aliphatic heterocycles. The number of rotatable bonds is 4. The van der Waals surface area contributed by atoms with E-state index in [0.717, 1.165) is 5.56 Å². The molecule has 0 bridgehead atoms. The number of nitrogens with zero attached hydrogens (tertiary/aromatic N) is 1. The van der Waals surface area contributed by atoms with E-state index < -0.39 is 25.4 Å². The van der Waals surface area contributed by atoms with E-state index in [2.05, 4.69) is 0 Å². The van der Waals surface area contributed by atoms with Crippen molar-refractivity contribution in [2.24, 2.45) is 0 Å². The summed E-state index contributed by atoms with van der Waals surface area (Å²) in [5, 5.41) is 0. The maximum atomic E-state index is 13.1. The van der Waals surface area contributed by atoms with E-state index in [4.69, 9.17) is 0 Å². The Morgan fingerprint density at radius 2 is 1.91 bits per heavy atom. The van der Waals surface area contributed by atoms with Gasteiger partial charge in [0.15, 0.2) is 9.84 Å². The summed E-state index contributed by atoms with van der Waals surface area (Å²) >= 11 is 0. The van der Waals surface area contributed by atoms with Crippen LogP contribution in [0.3, 0.4) is 0 Å². The Morgan fingerprint density at radius 3 is 2.41 bits per heavy atom. The lowest BCUT2D eigenvalue weighted by Gasteiger charge is -2.36. The second-order valence-electron chi connectivity index (χ2n) is 6.28. The minimum Gasteiger partial charge on any atom is -0.229 e. The largest absolute Gasteiger partial charge is 0.243 e. The zero-order valence-electron chi connectivity index (χ0n) is 13.5. The normalized spacial score (nSPS) is 24.8. The maximum Gasteiger partial charge on any atom is 0.243 e. The van der Waals surface area contributed by atoms with Gasteiger partial charge in [-0.1, -0.05) is 19.1 Å². The van der Waals surface area contributed by atoms with E-state index in [1.54, 1.807) is 32.9 Å². The number of benzene rings is 1. The monoisotopic (exact) mass is 345 g/mol. The number of hydrogen-bond acceptors (Lipinski definition) is 4. The summed E-state index contributed by atoms with van der Waals surface area (Å²) in [6, 6.07) is 5.30. The number of sulfonamides is 1. The van der Waals surface area contributed by atoms with Gasteiger partial charge in [-0.2, -0.15) is 4.31 Å². The van der Waals surface area contributed by atoms with Crippen molar-refractivity contribution < 1.29 is 16.8 Å². The molecular formula is C15H23NO4S2. The zero-order chi connectivity index (χ0) is 16.8. The van der Waals surface area contributed by atoms with Crippen molar-refractivity contribution in [1.29, 1.82) is 0 Å². The van der Waals surface area contributed by atoms with E-state index in [1.165, 1.54) is 4.31 Å². The summed E-state index contributed by atoms with van der Waals surface area (Å²) in [6.07, 6.45) is 0.341. The molecule has 1 heterocycles. The first-order valence-corrected chi connectivity index (χ1v) is 10.6. The molecule has 0 unspecified atom stereocenters. The van der Waals surface area contributed by atoms with Gasteiger partial charge in [-0.15, -0.1) is 0 Å². The summed E-state index contributed by atoms with van der Waals surface area (Å²) in [7, 11) is -6.90. The van der Waals surface area contributed by atoms with Crippen molar-refractivity contribution in [3.8, 4) is 0 Å². The topological polar surface area (TPSA) is 71.5 Å². The zero-order valence-corrected chi connectivity index (χ0v) is 15.1. The molecule has 2 rings (SSSR count). The van der Waals surface area contributed by atoms with Gasteiger partial charge in [0.1, 0.15) is 0 Å². The number of hydrogen-bond donors (Lipinski definition) is 0. The summed E-state index contributed by atoms with van der Waals surface area (Å²) in [6.45, 7) is 7.33. The lowest BCUT2D eigenvalue weighted by Crippen LogP contribution is -2.50. The van der Waals surface area contributed by atoms with Crippen LogP contribution < -0.4 is 0 Å². The Balaban J connectivity index is 2.53. The van der Waals surface area contributed by atoms with Gasteiger partial charge in [-0.25, -0.2) is 16.8 Å². The van der Waals surface area contributed by atoms with Crippen LogP contribution in [0.25, 0.3) is 0 Å². The smallest absolute Gasteiger partial charge is 0.229 e. The van der Waals surface area contributed by atoms with E-state index in [0.29, 0.717) is 12.0 Å². The van der Waals surface area contributed by atoms with Crippen molar-refractivity contribution in [2.45, 2.75) is 44.6 Å². The molecule has 1 saturated heterocycles. The molecule has 0 saturated carbocycles. The summed E-state index contributed by atoms with van der Waals surface area (Å²) in [5.41, 5.74) is 0.667. The Hall–Kier alpha value is -0.920. The van der Waals surface area contributed by atoms with Crippen LogP contribution in [-0.4, -0.2) is 44.7 Å².